The third-order valence-electron chi connectivity index (χ3n) is 2.60. The van der Waals surface area contributed by atoms with E-state index in [1.807, 2.05) is 24.3 Å². The topological polar surface area (TPSA) is 47.2 Å². The minimum Gasteiger partial charge on any atom is -0.253 e. The van der Waals surface area contributed by atoms with E-state index in [1.54, 1.807) is 12.4 Å². The number of nitrogens with zero attached hydrogens (tertiary/aromatic N) is 3. The normalized spacial score (nSPS) is 13.8. The quantitative estimate of drug-likeness (QED) is 0.752. The van der Waals surface area contributed by atoms with Crippen LogP contribution in [0.15, 0.2) is 35.5 Å². The Morgan fingerprint density at radius 1 is 1.24 bits per heavy atom. The van der Waals surface area contributed by atoms with Gasteiger partial charge in [-0.3, -0.25) is 4.57 Å². The van der Waals surface area contributed by atoms with Crippen LogP contribution < -0.4 is 0 Å². The molecule has 2 aromatic rings. The van der Waals surface area contributed by atoms with Gasteiger partial charge in [0.1, 0.15) is 5.82 Å². The van der Waals surface area contributed by atoms with Gasteiger partial charge in [-0.2, -0.15) is 0 Å². The van der Waals surface area contributed by atoms with Crippen molar-refractivity contribution in [1.29, 1.82) is 0 Å². The van der Waals surface area contributed by atoms with Crippen LogP contribution in [-0.2, 0) is 6.42 Å². The largest absolute Gasteiger partial charge is 0.352 e. The van der Waals surface area contributed by atoms with Crippen LogP contribution in [0.1, 0.15) is 5.82 Å². The molecule has 1 aliphatic rings. The zero-order valence-electron chi connectivity index (χ0n) is 8.80. The molecule has 2 heterocycles. The summed E-state index contributed by atoms with van der Waals surface area (Å²) in [7, 11) is 0. The van der Waals surface area contributed by atoms with Gasteiger partial charge in [-0.25, -0.2) is 14.8 Å². The van der Waals surface area contributed by atoms with Crippen LogP contribution in [0.2, 0.25) is 0 Å². The fraction of sp³-hybridized carbons (Fsp3) is 0.0833. The number of hydrogen-bond acceptors (Lipinski definition) is 2. The first-order chi connectivity index (χ1) is 8.24. The van der Waals surface area contributed by atoms with Crippen LogP contribution in [-0.4, -0.2) is 21.8 Å². The summed E-state index contributed by atoms with van der Waals surface area (Å²) in [6.07, 6.45) is 3.95. The van der Waals surface area contributed by atoms with E-state index in [-0.39, 0.29) is 6.03 Å². The highest BCUT2D eigenvalue weighted by Crippen LogP contribution is 2.21. The lowest BCUT2D eigenvalue weighted by Gasteiger charge is -2.03. The van der Waals surface area contributed by atoms with Gasteiger partial charge in [0, 0.05) is 28.0 Å². The molecule has 0 aliphatic carbocycles. The minimum absolute atomic E-state index is 0.268. The van der Waals surface area contributed by atoms with E-state index in [0.29, 0.717) is 6.42 Å². The molecule has 0 unspecified atom stereocenters. The Kier molecular flexibility index (Phi) is 2.54. The molecule has 0 saturated carbocycles. The predicted octanol–water partition coefficient (Wildman–Crippen LogP) is 2.75. The SMILES string of the molecule is O=C1N=CCc2nc(-c3ccc(I)cc3)cn21. The standard InChI is InChI=1S/C12H8IN3O/c13-9-3-1-8(2-4-9)10-7-16-11(15-10)5-6-14-12(16)17/h1-4,6-7H,5H2. The molecule has 1 amide bonds. The number of carbonyl (C=O) groups excluding carboxylic acids is 1. The Labute approximate surface area is 112 Å². The number of imidazole rings is 1. The maximum absolute atomic E-state index is 11.5. The average Bonchev–Trinajstić information content (AvgIpc) is 2.75. The Hall–Kier alpha value is -1.50. The lowest BCUT2D eigenvalue weighted by molar-refractivity contribution is 0.249. The molecule has 1 aromatic carbocycles. The summed E-state index contributed by atoms with van der Waals surface area (Å²) < 4.78 is 2.68. The lowest BCUT2D eigenvalue weighted by atomic mass is 10.2. The van der Waals surface area contributed by atoms with Crippen LogP contribution >= 0.6 is 22.6 Å². The van der Waals surface area contributed by atoms with E-state index in [9.17, 15) is 4.79 Å². The Balaban J connectivity index is 2.06. The lowest BCUT2D eigenvalue weighted by Crippen LogP contribution is -2.15. The smallest absolute Gasteiger partial charge is 0.253 e. The highest BCUT2D eigenvalue weighted by Gasteiger charge is 2.16. The molecule has 4 nitrogen and oxygen atoms in total. The number of amides is 1. The number of halogens is 1. The molecule has 0 atom stereocenters. The van der Waals surface area contributed by atoms with Gasteiger partial charge in [0.15, 0.2) is 0 Å². The van der Waals surface area contributed by atoms with E-state index in [0.717, 1.165) is 17.1 Å². The van der Waals surface area contributed by atoms with E-state index in [1.165, 1.54) is 8.14 Å². The second-order valence-electron chi connectivity index (χ2n) is 3.72. The van der Waals surface area contributed by atoms with Crippen molar-refractivity contribution in [2.24, 2.45) is 4.99 Å². The highest BCUT2D eigenvalue weighted by molar-refractivity contribution is 14.1. The van der Waals surface area contributed by atoms with Gasteiger partial charge in [0.25, 0.3) is 0 Å². The number of rotatable bonds is 1. The van der Waals surface area contributed by atoms with Gasteiger partial charge in [-0.05, 0) is 34.7 Å². The summed E-state index contributed by atoms with van der Waals surface area (Å²) in [4.78, 5) is 19.7. The Morgan fingerprint density at radius 2 is 2.00 bits per heavy atom. The third-order valence-corrected chi connectivity index (χ3v) is 3.32. The molecule has 1 aliphatic heterocycles. The van der Waals surface area contributed by atoms with E-state index in [2.05, 4.69) is 32.6 Å². The number of aliphatic imine (C=N–C) groups is 1. The zero-order chi connectivity index (χ0) is 11.8. The second kappa shape index (κ2) is 4.06. The van der Waals surface area contributed by atoms with Crippen LogP contribution in [0.5, 0.6) is 0 Å². The molecule has 0 fully saturated rings. The van der Waals surface area contributed by atoms with Crippen molar-refractivity contribution in [2.45, 2.75) is 6.42 Å². The van der Waals surface area contributed by atoms with E-state index >= 15 is 0 Å². The number of benzene rings is 1. The Morgan fingerprint density at radius 3 is 2.71 bits per heavy atom. The number of hydrogen-bond donors (Lipinski definition) is 0. The molecule has 3 rings (SSSR count). The molecule has 17 heavy (non-hydrogen) atoms. The highest BCUT2D eigenvalue weighted by atomic mass is 127. The van der Waals surface area contributed by atoms with Crippen molar-refractivity contribution in [2.75, 3.05) is 0 Å². The molecular formula is C12H8IN3O. The van der Waals surface area contributed by atoms with E-state index in [4.69, 9.17) is 0 Å². The molecule has 1 aromatic heterocycles. The zero-order valence-corrected chi connectivity index (χ0v) is 11.0. The first-order valence-corrected chi connectivity index (χ1v) is 6.23. The second-order valence-corrected chi connectivity index (χ2v) is 4.96. The molecule has 0 N–H and O–H groups in total. The van der Waals surface area contributed by atoms with Crippen molar-refractivity contribution in [3.8, 4) is 11.3 Å². The predicted molar refractivity (Wildman–Crippen MR) is 73.4 cm³/mol. The third kappa shape index (κ3) is 1.90. The molecular weight excluding hydrogens is 329 g/mol. The number of aromatic nitrogens is 2. The van der Waals surface area contributed by atoms with Gasteiger partial charge >= 0.3 is 6.03 Å². The summed E-state index contributed by atoms with van der Waals surface area (Å²) in [6, 6.07) is 7.78. The summed E-state index contributed by atoms with van der Waals surface area (Å²) in [5.41, 5.74) is 1.83. The average molecular weight is 337 g/mol. The minimum atomic E-state index is -0.268. The summed E-state index contributed by atoms with van der Waals surface area (Å²) in [6.45, 7) is 0. The molecule has 0 spiro atoms. The summed E-state index contributed by atoms with van der Waals surface area (Å²) >= 11 is 2.26. The Bertz CT molecular complexity index is 613. The summed E-state index contributed by atoms with van der Waals surface area (Å²) in [5.74, 6) is 0.749. The first kappa shape index (κ1) is 10.6. The van der Waals surface area contributed by atoms with Crippen LogP contribution in [0.25, 0.3) is 11.3 Å². The fourth-order valence-corrected chi connectivity index (χ4v) is 2.12. The van der Waals surface area contributed by atoms with Crippen molar-refractivity contribution in [1.82, 2.24) is 9.55 Å². The van der Waals surface area contributed by atoms with Crippen molar-refractivity contribution in [3.63, 3.8) is 0 Å². The van der Waals surface area contributed by atoms with E-state index < -0.39 is 0 Å². The molecule has 0 saturated heterocycles. The maximum Gasteiger partial charge on any atom is 0.352 e. The summed E-state index contributed by atoms with van der Waals surface area (Å²) in [5, 5.41) is 0. The van der Waals surface area contributed by atoms with Crippen molar-refractivity contribution >= 4 is 34.8 Å². The molecule has 5 heteroatoms. The molecule has 0 bridgehead atoms. The van der Waals surface area contributed by atoms with Gasteiger partial charge < -0.3 is 0 Å². The van der Waals surface area contributed by atoms with Crippen molar-refractivity contribution in [3.05, 3.63) is 39.9 Å². The molecule has 84 valence electrons. The number of fused-ring (bicyclic) bond motifs is 1. The fourth-order valence-electron chi connectivity index (χ4n) is 1.76. The van der Waals surface area contributed by atoms with Gasteiger partial charge in [0.2, 0.25) is 0 Å². The van der Waals surface area contributed by atoms with Gasteiger partial charge in [-0.1, -0.05) is 12.1 Å². The van der Waals surface area contributed by atoms with Gasteiger partial charge in [0.05, 0.1) is 5.69 Å². The van der Waals surface area contributed by atoms with Crippen molar-refractivity contribution < 1.29 is 4.79 Å². The van der Waals surface area contributed by atoms with Crippen LogP contribution in [0.4, 0.5) is 4.79 Å². The first-order valence-electron chi connectivity index (χ1n) is 5.15. The maximum atomic E-state index is 11.5. The van der Waals surface area contributed by atoms with Crippen LogP contribution in [0.3, 0.4) is 0 Å². The monoisotopic (exact) mass is 337 g/mol. The van der Waals surface area contributed by atoms with Gasteiger partial charge in [-0.15, -0.1) is 0 Å². The number of carbonyl (C=O) groups is 1. The van der Waals surface area contributed by atoms with Crippen LogP contribution in [0, 0.1) is 3.57 Å². The molecule has 0 radical (unpaired) electrons.